The quantitative estimate of drug-likeness (QED) is 0.482. The monoisotopic (exact) mass is 446 g/mol. The fraction of sp³-hybridized carbons (Fsp3) is 0.583. The second-order valence-electron chi connectivity index (χ2n) is 9.08. The van der Waals surface area contributed by atoms with Gasteiger partial charge in [-0.2, -0.15) is 0 Å². The average Bonchev–Trinajstić information content (AvgIpc) is 3.29. The van der Waals surface area contributed by atoms with Crippen LogP contribution in [0.1, 0.15) is 75.7 Å². The molecule has 0 saturated heterocycles. The molecule has 174 valence electrons. The Morgan fingerprint density at radius 1 is 1.19 bits per heavy atom. The number of aliphatic hydroxyl groups excluding tert-OH is 1. The number of rotatable bonds is 8. The molecule has 0 spiro atoms. The van der Waals surface area contributed by atoms with Gasteiger partial charge in [0, 0.05) is 17.8 Å². The van der Waals surface area contributed by atoms with Gasteiger partial charge in [0.2, 0.25) is 5.43 Å². The molecule has 0 amide bonds. The van der Waals surface area contributed by atoms with Crippen LogP contribution in [-0.2, 0) is 4.79 Å². The standard InChI is InChI=1S/C24H31FN2O5/c25-18-11-17-22(26-12-19(24(17)31)32-13-16(28)10-20(29)30)21(14-6-4-5-7-14)23(18)27-15-8-2-1-3-9-15/h11-12,14-16,27-28H,1-10,13H2,(H,26,31)(H,29,30). The largest absolute Gasteiger partial charge is 0.485 e. The fourth-order valence-electron chi connectivity index (χ4n) is 5.11. The lowest BCUT2D eigenvalue weighted by atomic mass is 9.90. The molecule has 32 heavy (non-hydrogen) atoms. The molecular weight excluding hydrogens is 415 g/mol. The molecule has 0 bridgehead atoms. The van der Waals surface area contributed by atoms with E-state index in [1.807, 2.05) is 0 Å². The van der Waals surface area contributed by atoms with Gasteiger partial charge in [-0.1, -0.05) is 32.1 Å². The van der Waals surface area contributed by atoms with Crippen LogP contribution in [0, 0.1) is 5.82 Å². The number of aromatic amines is 1. The van der Waals surface area contributed by atoms with E-state index in [1.165, 1.54) is 18.7 Å². The number of aliphatic carboxylic acids is 1. The van der Waals surface area contributed by atoms with Crippen LogP contribution in [-0.4, -0.2) is 39.9 Å². The molecule has 4 rings (SSSR count). The van der Waals surface area contributed by atoms with Gasteiger partial charge in [0.05, 0.1) is 29.1 Å². The molecule has 4 N–H and O–H groups in total. The summed E-state index contributed by atoms with van der Waals surface area (Å²) in [4.78, 5) is 26.9. The number of aromatic nitrogens is 1. The van der Waals surface area contributed by atoms with Crippen LogP contribution in [0.3, 0.4) is 0 Å². The van der Waals surface area contributed by atoms with Crippen LogP contribution >= 0.6 is 0 Å². The summed E-state index contributed by atoms with van der Waals surface area (Å²) in [6.45, 7) is -0.333. The van der Waals surface area contributed by atoms with E-state index < -0.39 is 29.7 Å². The highest BCUT2D eigenvalue weighted by atomic mass is 19.1. The Bertz CT molecular complexity index is 1030. The normalized spacial score (nSPS) is 18.7. The van der Waals surface area contributed by atoms with E-state index in [1.54, 1.807) is 0 Å². The molecular formula is C24H31FN2O5. The summed E-state index contributed by atoms with van der Waals surface area (Å²) in [5, 5.41) is 22.2. The van der Waals surface area contributed by atoms with E-state index in [4.69, 9.17) is 9.84 Å². The molecule has 0 radical (unpaired) electrons. The van der Waals surface area contributed by atoms with Crippen LogP contribution in [0.4, 0.5) is 10.1 Å². The van der Waals surface area contributed by atoms with Gasteiger partial charge < -0.3 is 25.3 Å². The van der Waals surface area contributed by atoms with Crippen molar-refractivity contribution in [1.82, 2.24) is 4.98 Å². The van der Waals surface area contributed by atoms with Gasteiger partial charge in [-0.15, -0.1) is 0 Å². The summed E-state index contributed by atoms with van der Waals surface area (Å²) in [7, 11) is 0. The van der Waals surface area contributed by atoms with E-state index in [-0.39, 0.29) is 29.7 Å². The number of carbonyl (C=O) groups is 1. The Morgan fingerprint density at radius 2 is 1.88 bits per heavy atom. The summed E-state index contributed by atoms with van der Waals surface area (Å²) in [6, 6.07) is 1.50. The first-order valence-electron chi connectivity index (χ1n) is 11.6. The molecule has 1 atom stereocenters. The predicted molar refractivity (Wildman–Crippen MR) is 120 cm³/mol. The van der Waals surface area contributed by atoms with Crippen molar-refractivity contribution in [2.45, 2.75) is 82.3 Å². The first-order valence-corrected chi connectivity index (χ1v) is 11.6. The number of ether oxygens (including phenoxy) is 1. The molecule has 2 aromatic rings. The van der Waals surface area contributed by atoms with Gasteiger partial charge in [0.1, 0.15) is 12.4 Å². The third-order valence-corrected chi connectivity index (χ3v) is 6.69. The van der Waals surface area contributed by atoms with Gasteiger partial charge in [-0.05, 0) is 37.7 Å². The maximum Gasteiger partial charge on any atom is 0.306 e. The second kappa shape index (κ2) is 9.90. The number of fused-ring (bicyclic) bond motifs is 1. The predicted octanol–water partition coefficient (Wildman–Crippen LogP) is 4.28. The van der Waals surface area contributed by atoms with Gasteiger partial charge in [-0.25, -0.2) is 4.39 Å². The van der Waals surface area contributed by atoms with Crippen molar-refractivity contribution in [2.24, 2.45) is 0 Å². The van der Waals surface area contributed by atoms with Crippen molar-refractivity contribution in [3.8, 4) is 5.75 Å². The highest BCUT2D eigenvalue weighted by molar-refractivity contribution is 5.88. The van der Waals surface area contributed by atoms with Crippen LogP contribution in [0.5, 0.6) is 5.75 Å². The Morgan fingerprint density at radius 3 is 2.56 bits per heavy atom. The van der Waals surface area contributed by atoms with Crippen molar-refractivity contribution in [3.63, 3.8) is 0 Å². The number of hydrogen-bond donors (Lipinski definition) is 4. The van der Waals surface area contributed by atoms with Crippen molar-refractivity contribution < 1.29 is 24.1 Å². The van der Waals surface area contributed by atoms with Crippen LogP contribution < -0.4 is 15.5 Å². The zero-order valence-corrected chi connectivity index (χ0v) is 18.2. The first-order chi connectivity index (χ1) is 15.4. The fourth-order valence-corrected chi connectivity index (χ4v) is 5.11. The number of H-pyrrole nitrogens is 1. The van der Waals surface area contributed by atoms with E-state index in [0.717, 1.165) is 56.9 Å². The number of benzene rings is 1. The lowest BCUT2D eigenvalue weighted by Crippen LogP contribution is -2.25. The molecule has 2 fully saturated rings. The number of carboxylic acid groups (broad SMARTS) is 1. The highest BCUT2D eigenvalue weighted by Crippen LogP contribution is 2.42. The van der Waals surface area contributed by atoms with Gasteiger partial charge in [0.25, 0.3) is 0 Å². The van der Waals surface area contributed by atoms with Crippen LogP contribution in [0.15, 0.2) is 17.1 Å². The molecule has 8 heteroatoms. The Balaban J connectivity index is 1.70. The van der Waals surface area contributed by atoms with E-state index >= 15 is 4.39 Å². The van der Waals surface area contributed by atoms with Crippen molar-refractivity contribution in [2.75, 3.05) is 11.9 Å². The summed E-state index contributed by atoms with van der Waals surface area (Å²) < 4.78 is 20.8. The minimum absolute atomic E-state index is 0.0632. The maximum absolute atomic E-state index is 15.4. The Labute approximate surface area is 186 Å². The Kier molecular flexibility index (Phi) is 6.98. The summed E-state index contributed by atoms with van der Waals surface area (Å²) in [5.41, 5.74) is 1.51. The number of pyridine rings is 1. The third kappa shape index (κ3) is 4.90. The lowest BCUT2D eigenvalue weighted by Gasteiger charge is -2.27. The summed E-state index contributed by atoms with van der Waals surface area (Å²) in [6.07, 6.45) is 9.30. The smallest absolute Gasteiger partial charge is 0.306 e. The molecule has 7 nitrogen and oxygen atoms in total. The minimum Gasteiger partial charge on any atom is -0.485 e. The van der Waals surface area contributed by atoms with Crippen LogP contribution in [0.25, 0.3) is 10.9 Å². The molecule has 1 aromatic carbocycles. The lowest BCUT2D eigenvalue weighted by molar-refractivity contribution is -0.139. The topological polar surface area (TPSA) is 112 Å². The highest BCUT2D eigenvalue weighted by Gasteiger charge is 2.28. The minimum atomic E-state index is -1.24. The molecule has 2 aliphatic rings. The number of carboxylic acids is 1. The second-order valence-corrected chi connectivity index (χ2v) is 9.08. The van der Waals surface area contributed by atoms with Gasteiger partial charge in [0.15, 0.2) is 5.75 Å². The van der Waals surface area contributed by atoms with Crippen molar-refractivity contribution in [3.05, 3.63) is 33.9 Å². The first kappa shape index (κ1) is 22.6. The van der Waals surface area contributed by atoms with Crippen molar-refractivity contribution in [1.29, 1.82) is 0 Å². The van der Waals surface area contributed by atoms with Gasteiger partial charge in [-0.3, -0.25) is 9.59 Å². The van der Waals surface area contributed by atoms with E-state index in [9.17, 15) is 14.7 Å². The molecule has 1 unspecified atom stereocenters. The molecule has 1 aromatic heterocycles. The molecule has 2 saturated carbocycles. The third-order valence-electron chi connectivity index (χ3n) is 6.69. The number of anilines is 1. The zero-order valence-electron chi connectivity index (χ0n) is 18.2. The number of aliphatic hydroxyl groups is 1. The molecule has 1 heterocycles. The summed E-state index contributed by atoms with van der Waals surface area (Å²) in [5.74, 6) is -1.47. The zero-order chi connectivity index (χ0) is 22.7. The van der Waals surface area contributed by atoms with E-state index in [0.29, 0.717) is 11.2 Å². The maximum atomic E-state index is 15.4. The number of hydrogen-bond acceptors (Lipinski definition) is 5. The number of nitrogens with one attached hydrogen (secondary N) is 2. The number of halogens is 1. The average molecular weight is 447 g/mol. The van der Waals surface area contributed by atoms with E-state index in [2.05, 4.69) is 10.3 Å². The van der Waals surface area contributed by atoms with Crippen molar-refractivity contribution >= 4 is 22.6 Å². The molecule has 2 aliphatic carbocycles. The Hall–Kier alpha value is -2.61. The summed E-state index contributed by atoms with van der Waals surface area (Å²) >= 11 is 0. The van der Waals surface area contributed by atoms with Gasteiger partial charge >= 0.3 is 5.97 Å². The molecule has 0 aliphatic heterocycles. The SMILES string of the molecule is O=C(O)CC(O)COc1c[nH]c2c(C3CCCC3)c(NC3CCCCC3)c(F)cc2c1=O. The van der Waals surface area contributed by atoms with Crippen LogP contribution in [0.2, 0.25) is 0 Å².